The Morgan fingerprint density at radius 2 is 1.85 bits per heavy atom. The quantitative estimate of drug-likeness (QED) is 0.217. The highest BCUT2D eigenvalue weighted by Gasteiger charge is 2.24. The number of nitrogens with zero attached hydrogens (tertiary/aromatic N) is 1. The lowest BCUT2D eigenvalue weighted by Crippen LogP contribution is -2.25. The summed E-state index contributed by atoms with van der Waals surface area (Å²) in [5.74, 6) is -1.53. The van der Waals surface area contributed by atoms with Crippen molar-refractivity contribution < 1.29 is 33.8 Å². The molecule has 8 nitrogen and oxygen atoms in total. The van der Waals surface area contributed by atoms with Crippen molar-refractivity contribution in [1.29, 1.82) is 0 Å². The minimum Gasteiger partial charge on any atom is -0.478 e. The van der Waals surface area contributed by atoms with Crippen LogP contribution in [-0.2, 0) is 28.7 Å². The van der Waals surface area contributed by atoms with Crippen LogP contribution in [0.2, 0.25) is 0 Å². The largest absolute Gasteiger partial charge is 0.478 e. The molecule has 0 aromatic rings. The molecule has 8 heteroatoms. The predicted molar refractivity (Wildman–Crippen MR) is 97.2 cm³/mol. The Balaban J connectivity index is 0. The maximum Gasteiger partial charge on any atom is 0.333 e. The molecule has 1 amide bonds. The molecule has 1 heterocycles. The fourth-order valence-corrected chi connectivity index (χ4v) is 0.994. The van der Waals surface area contributed by atoms with Gasteiger partial charge in [-0.2, -0.15) is 0 Å². The van der Waals surface area contributed by atoms with E-state index in [1.54, 1.807) is 14.0 Å². The van der Waals surface area contributed by atoms with Gasteiger partial charge in [-0.15, -0.1) is 0 Å². The van der Waals surface area contributed by atoms with Crippen LogP contribution in [0.3, 0.4) is 0 Å². The Labute approximate surface area is 154 Å². The minimum absolute atomic E-state index is 0.142. The average Bonchev–Trinajstić information content (AvgIpc) is 3.44. The molecule has 0 spiro atoms. The summed E-state index contributed by atoms with van der Waals surface area (Å²) in [7, 11) is 1.58. The van der Waals surface area contributed by atoms with Gasteiger partial charge in [0.05, 0.1) is 13.2 Å². The molecule has 0 bridgehead atoms. The van der Waals surface area contributed by atoms with Crippen LogP contribution in [0, 0.1) is 0 Å². The number of carboxylic acids is 1. The van der Waals surface area contributed by atoms with E-state index in [4.69, 9.17) is 19.4 Å². The van der Waals surface area contributed by atoms with Crippen LogP contribution in [0.5, 0.6) is 0 Å². The number of epoxide rings is 1. The first-order valence-electron chi connectivity index (χ1n) is 8.02. The summed E-state index contributed by atoms with van der Waals surface area (Å²) < 4.78 is 9.60. The molecule has 0 radical (unpaired) electrons. The zero-order chi connectivity index (χ0) is 20.5. The molecule has 1 aliphatic rings. The molecule has 1 aliphatic heterocycles. The van der Waals surface area contributed by atoms with E-state index in [0.29, 0.717) is 25.4 Å². The van der Waals surface area contributed by atoms with E-state index >= 15 is 0 Å². The molecule has 1 atom stereocenters. The summed E-state index contributed by atoms with van der Waals surface area (Å²) in [6.07, 6.45) is 4.24. The number of unbranched alkanes of at least 4 members (excludes halogenated alkanes) is 1. The van der Waals surface area contributed by atoms with E-state index in [-0.39, 0.29) is 18.0 Å². The lowest BCUT2D eigenvalue weighted by molar-refractivity contribution is -0.172. The molecule has 1 N–H and O–H groups in total. The zero-order valence-electron chi connectivity index (χ0n) is 15.7. The monoisotopic (exact) mass is 371 g/mol. The first kappa shape index (κ1) is 25.8. The Bertz CT molecular complexity index is 484. The van der Waals surface area contributed by atoms with Crippen molar-refractivity contribution in [2.75, 3.05) is 26.9 Å². The summed E-state index contributed by atoms with van der Waals surface area (Å²) in [5.41, 5.74) is 0.431. The van der Waals surface area contributed by atoms with Crippen molar-refractivity contribution in [3.63, 3.8) is 0 Å². The van der Waals surface area contributed by atoms with Crippen LogP contribution in [0.4, 0.5) is 0 Å². The van der Waals surface area contributed by atoms with Crippen LogP contribution in [0.15, 0.2) is 37.5 Å². The summed E-state index contributed by atoms with van der Waals surface area (Å²) in [4.78, 5) is 35.8. The van der Waals surface area contributed by atoms with Crippen molar-refractivity contribution in [1.82, 2.24) is 5.06 Å². The third-order valence-electron chi connectivity index (χ3n) is 2.59. The van der Waals surface area contributed by atoms with Crippen LogP contribution in [-0.4, -0.2) is 61.0 Å². The molecular weight excluding hydrogens is 342 g/mol. The standard InChI is InChI=1S/C8H15NO2.C7H10O3.C3H4O2/c1-4-6-7-11-9(3)8(10)5-2;1-5(2)7(8)10-4-6-3-9-6;1-2-3(4)5/h5H,2,4,6-7H2,1,3H3;6H,1,3-4H2,2H3;2H,1H2,(H,4,5). The Kier molecular flexibility index (Phi) is 15.9. The molecule has 1 fully saturated rings. The number of hydroxylamine groups is 2. The van der Waals surface area contributed by atoms with Crippen molar-refractivity contribution >= 4 is 17.8 Å². The van der Waals surface area contributed by atoms with Gasteiger partial charge < -0.3 is 14.6 Å². The SMILES string of the molecule is C=C(C)C(=O)OCC1CO1.C=CC(=O)N(C)OCCCC.C=CC(=O)O. The van der Waals surface area contributed by atoms with Crippen molar-refractivity contribution in [2.24, 2.45) is 0 Å². The van der Waals surface area contributed by atoms with Gasteiger partial charge in [0.2, 0.25) is 0 Å². The predicted octanol–water partition coefficient (Wildman–Crippen LogP) is 2.12. The molecule has 26 heavy (non-hydrogen) atoms. The van der Waals surface area contributed by atoms with Gasteiger partial charge in [0.25, 0.3) is 5.91 Å². The number of carbonyl (C=O) groups excluding carboxylic acids is 2. The lowest BCUT2D eigenvalue weighted by atomic mass is 10.4. The summed E-state index contributed by atoms with van der Waals surface area (Å²) in [5, 5.41) is 8.80. The van der Waals surface area contributed by atoms with Crippen LogP contribution in [0.25, 0.3) is 0 Å². The highest BCUT2D eigenvalue weighted by Crippen LogP contribution is 2.09. The van der Waals surface area contributed by atoms with Gasteiger partial charge in [0.15, 0.2) is 0 Å². The average molecular weight is 371 g/mol. The number of esters is 1. The second-order valence-corrected chi connectivity index (χ2v) is 5.10. The lowest BCUT2D eigenvalue weighted by Gasteiger charge is -2.13. The number of hydrogen-bond acceptors (Lipinski definition) is 6. The minimum atomic E-state index is -0.981. The van der Waals surface area contributed by atoms with E-state index in [1.807, 2.05) is 0 Å². The van der Waals surface area contributed by atoms with Gasteiger partial charge >= 0.3 is 11.9 Å². The van der Waals surface area contributed by atoms with Gasteiger partial charge in [0.1, 0.15) is 12.7 Å². The first-order chi connectivity index (χ1) is 12.2. The number of aliphatic carboxylic acids is 1. The third kappa shape index (κ3) is 17.9. The highest BCUT2D eigenvalue weighted by molar-refractivity contribution is 5.87. The van der Waals surface area contributed by atoms with Crippen LogP contribution < -0.4 is 0 Å². The van der Waals surface area contributed by atoms with E-state index in [0.717, 1.165) is 18.9 Å². The molecule has 0 saturated carbocycles. The van der Waals surface area contributed by atoms with Gasteiger partial charge in [0, 0.05) is 18.7 Å². The van der Waals surface area contributed by atoms with Gasteiger partial charge in [-0.05, 0) is 19.4 Å². The van der Waals surface area contributed by atoms with E-state index in [2.05, 4.69) is 26.7 Å². The molecule has 1 rings (SSSR count). The Morgan fingerprint density at radius 1 is 1.31 bits per heavy atom. The normalized spacial score (nSPS) is 13.6. The molecular formula is C18H29NO7. The molecule has 0 aromatic carbocycles. The van der Waals surface area contributed by atoms with Crippen LogP contribution >= 0.6 is 0 Å². The van der Waals surface area contributed by atoms with Crippen LogP contribution in [0.1, 0.15) is 26.7 Å². The number of amides is 1. The number of likely N-dealkylation sites (N-methyl/N-ethyl adjacent to an activating group) is 1. The Hall–Kier alpha value is -2.45. The third-order valence-corrected chi connectivity index (χ3v) is 2.59. The van der Waals surface area contributed by atoms with E-state index in [1.165, 1.54) is 11.1 Å². The number of hydrogen-bond donors (Lipinski definition) is 1. The smallest absolute Gasteiger partial charge is 0.333 e. The molecule has 0 aliphatic carbocycles. The summed E-state index contributed by atoms with van der Waals surface area (Å²) >= 11 is 0. The van der Waals surface area contributed by atoms with E-state index in [9.17, 15) is 14.4 Å². The highest BCUT2D eigenvalue weighted by atomic mass is 16.7. The number of ether oxygens (including phenoxy) is 2. The first-order valence-corrected chi connectivity index (χ1v) is 8.02. The second-order valence-electron chi connectivity index (χ2n) is 5.10. The van der Waals surface area contributed by atoms with Crippen molar-refractivity contribution in [3.05, 3.63) is 37.5 Å². The molecule has 1 saturated heterocycles. The van der Waals surface area contributed by atoms with E-state index < -0.39 is 5.97 Å². The summed E-state index contributed by atoms with van der Waals surface area (Å²) in [6.45, 7) is 15.1. The maximum atomic E-state index is 10.8. The summed E-state index contributed by atoms with van der Waals surface area (Å²) in [6, 6.07) is 0. The molecule has 148 valence electrons. The fourth-order valence-electron chi connectivity index (χ4n) is 0.994. The number of carboxylic acid groups (broad SMARTS) is 1. The Morgan fingerprint density at radius 3 is 2.19 bits per heavy atom. The molecule has 0 aromatic heterocycles. The zero-order valence-corrected chi connectivity index (χ0v) is 15.7. The van der Waals surface area contributed by atoms with Crippen molar-refractivity contribution in [2.45, 2.75) is 32.8 Å². The maximum absolute atomic E-state index is 10.8. The van der Waals surface area contributed by atoms with Gasteiger partial charge in [-0.3, -0.25) is 9.63 Å². The number of carbonyl (C=O) groups is 3. The fraction of sp³-hybridized carbons (Fsp3) is 0.500. The topological polar surface area (TPSA) is 106 Å². The second kappa shape index (κ2) is 16.0. The van der Waals surface area contributed by atoms with Gasteiger partial charge in [-0.25, -0.2) is 14.7 Å². The van der Waals surface area contributed by atoms with Crippen molar-refractivity contribution in [3.8, 4) is 0 Å². The van der Waals surface area contributed by atoms with Gasteiger partial charge in [-0.1, -0.05) is 33.1 Å². The molecule has 1 unspecified atom stereocenters. The number of rotatable bonds is 9.